The molecular weight excluding hydrogens is 528 g/mol. The molecule has 0 atom stereocenters. The maximum atomic E-state index is 5.40. The van der Waals surface area contributed by atoms with Crippen LogP contribution in [-0.2, 0) is 0 Å². The van der Waals surface area contributed by atoms with Crippen molar-refractivity contribution in [3.05, 3.63) is 48.5 Å². The minimum Gasteiger partial charge on any atom is -0.494 e. The monoisotopic (exact) mass is 548 g/mol. The van der Waals surface area contributed by atoms with E-state index in [0.717, 1.165) is 22.9 Å². The van der Waals surface area contributed by atoms with Gasteiger partial charge in [-0.05, 0) is 74.6 Å². The number of rotatable bonds is 6. The molecule has 23 heavy (non-hydrogen) atoms. The molecule has 2 rings (SSSR count). The summed E-state index contributed by atoms with van der Waals surface area (Å²) in [7, 11) is 0. The molecule has 0 amide bonds. The van der Waals surface area contributed by atoms with Crippen molar-refractivity contribution in [3.63, 3.8) is 0 Å². The fourth-order valence-corrected chi connectivity index (χ4v) is 2.13. The SMILES string of the molecule is CCOc1ccc(NC(=S)Nc2ccc(OCC)cc2)cc1.[Th]. The zero-order chi connectivity index (χ0) is 15.8. The van der Waals surface area contributed by atoms with Gasteiger partial charge in [-0.15, -0.1) is 0 Å². The molecule has 0 aliphatic carbocycles. The van der Waals surface area contributed by atoms with Gasteiger partial charge in [0.05, 0.1) is 13.2 Å². The number of thiocarbonyl (C=S) groups is 1. The summed E-state index contributed by atoms with van der Waals surface area (Å²) in [6.07, 6.45) is 0. The second-order valence-electron chi connectivity index (χ2n) is 4.49. The van der Waals surface area contributed by atoms with E-state index in [2.05, 4.69) is 10.6 Å². The topological polar surface area (TPSA) is 42.5 Å². The molecule has 0 aliphatic heterocycles. The molecule has 0 radical (unpaired) electrons. The van der Waals surface area contributed by atoms with E-state index in [0.29, 0.717) is 18.3 Å². The molecule has 0 aromatic heterocycles. The van der Waals surface area contributed by atoms with E-state index in [1.54, 1.807) is 0 Å². The Morgan fingerprint density at radius 1 is 0.783 bits per heavy atom. The van der Waals surface area contributed by atoms with Gasteiger partial charge in [-0.3, -0.25) is 0 Å². The Balaban J connectivity index is 0.00000264. The molecule has 4 nitrogen and oxygen atoms in total. The van der Waals surface area contributed by atoms with Crippen molar-refractivity contribution in [1.29, 1.82) is 0 Å². The molecule has 0 saturated heterocycles. The van der Waals surface area contributed by atoms with E-state index in [4.69, 9.17) is 21.7 Å². The van der Waals surface area contributed by atoms with Crippen LogP contribution in [0.5, 0.6) is 11.5 Å². The van der Waals surface area contributed by atoms with Crippen LogP contribution in [0.2, 0.25) is 0 Å². The van der Waals surface area contributed by atoms with E-state index >= 15 is 0 Å². The first-order valence-corrected chi connectivity index (χ1v) is 7.65. The first-order valence-electron chi connectivity index (χ1n) is 7.25. The summed E-state index contributed by atoms with van der Waals surface area (Å²) in [5.41, 5.74) is 1.82. The average Bonchev–Trinajstić information content (AvgIpc) is 2.52. The molecular formula is C17H20N2O2STh. The maximum absolute atomic E-state index is 5.40. The van der Waals surface area contributed by atoms with Crippen molar-refractivity contribution in [2.45, 2.75) is 13.8 Å². The van der Waals surface area contributed by atoms with Gasteiger partial charge in [0.25, 0.3) is 0 Å². The minimum absolute atomic E-state index is 0. The normalized spacial score (nSPS) is 9.48. The summed E-state index contributed by atoms with van der Waals surface area (Å²) >= 11 is 5.30. The summed E-state index contributed by atoms with van der Waals surface area (Å²) in [5.74, 6) is 1.69. The summed E-state index contributed by atoms with van der Waals surface area (Å²) in [6, 6.07) is 15.3. The fraction of sp³-hybridized carbons (Fsp3) is 0.235. The van der Waals surface area contributed by atoms with Crippen LogP contribution in [0.3, 0.4) is 0 Å². The van der Waals surface area contributed by atoms with Crippen molar-refractivity contribution in [2.75, 3.05) is 23.8 Å². The summed E-state index contributed by atoms with van der Waals surface area (Å²) in [5, 5.41) is 6.80. The second-order valence-corrected chi connectivity index (χ2v) is 4.90. The van der Waals surface area contributed by atoms with Crippen molar-refractivity contribution < 1.29 is 49.4 Å². The zero-order valence-electron chi connectivity index (χ0n) is 13.3. The van der Waals surface area contributed by atoms with Gasteiger partial charge in [0, 0.05) is 51.3 Å². The van der Waals surface area contributed by atoms with Crippen LogP contribution in [0.25, 0.3) is 0 Å². The Labute approximate surface area is 174 Å². The molecule has 0 unspecified atom stereocenters. The number of ether oxygens (including phenoxy) is 2. The van der Waals surface area contributed by atoms with Gasteiger partial charge in [0.15, 0.2) is 5.11 Å². The number of benzene rings is 2. The largest absolute Gasteiger partial charge is 0.494 e. The Bertz CT molecular complexity index is 549. The number of hydrogen-bond donors (Lipinski definition) is 2. The van der Waals surface area contributed by atoms with E-state index < -0.39 is 0 Å². The molecule has 2 N–H and O–H groups in total. The molecule has 2 aromatic rings. The first kappa shape index (κ1) is 20.1. The maximum Gasteiger partial charge on any atom is 0.175 e. The predicted molar refractivity (Wildman–Crippen MR) is 95.1 cm³/mol. The van der Waals surface area contributed by atoms with Gasteiger partial charge < -0.3 is 20.1 Å². The number of nitrogens with one attached hydrogen (secondary N) is 2. The quantitative estimate of drug-likeness (QED) is 0.528. The van der Waals surface area contributed by atoms with Crippen molar-refractivity contribution in [3.8, 4) is 11.5 Å². The van der Waals surface area contributed by atoms with Crippen molar-refractivity contribution in [2.24, 2.45) is 0 Å². The molecule has 0 bridgehead atoms. The van der Waals surface area contributed by atoms with Gasteiger partial charge in [-0.2, -0.15) is 0 Å². The molecule has 0 fully saturated rings. The van der Waals surface area contributed by atoms with Gasteiger partial charge in [-0.25, -0.2) is 0 Å². The van der Waals surface area contributed by atoms with E-state index in [1.807, 2.05) is 62.4 Å². The van der Waals surface area contributed by atoms with Crippen LogP contribution in [0.15, 0.2) is 48.5 Å². The third-order valence-electron chi connectivity index (χ3n) is 2.85. The predicted octanol–water partition coefficient (Wildman–Crippen LogP) is 4.29. The second kappa shape index (κ2) is 10.8. The zero-order valence-corrected chi connectivity index (χ0v) is 18.2. The van der Waals surface area contributed by atoms with Crippen molar-refractivity contribution in [1.82, 2.24) is 0 Å². The van der Waals surface area contributed by atoms with Crippen LogP contribution < -0.4 is 20.1 Å². The minimum atomic E-state index is 0. The number of anilines is 2. The fourth-order valence-electron chi connectivity index (χ4n) is 1.90. The Morgan fingerprint density at radius 2 is 1.13 bits per heavy atom. The smallest absolute Gasteiger partial charge is 0.175 e. The van der Waals surface area contributed by atoms with Crippen LogP contribution in [-0.4, -0.2) is 18.3 Å². The molecule has 120 valence electrons. The standard InChI is InChI=1S/C17H20N2O2S.Th/c1-3-20-15-9-5-13(6-10-15)18-17(22)19-14-7-11-16(12-8-14)21-4-2;/h5-12H,3-4H2,1-2H3,(H2,18,19,22);. The Hall–Kier alpha value is -0.945. The molecule has 0 aliphatic rings. The van der Waals surface area contributed by atoms with E-state index in [-0.39, 0.29) is 39.9 Å². The summed E-state index contributed by atoms with van der Waals surface area (Å²) in [4.78, 5) is 0. The molecule has 6 heteroatoms. The van der Waals surface area contributed by atoms with Gasteiger partial charge in [0.2, 0.25) is 0 Å². The van der Waals surface area contributed by atoms with Gasteiger partial charge in [-0.1, -0.05) is 0 Å². The Morgan fingerprint density at radius 3 is 1.43 bits per heavy atom. The molecule has 0 heterocycles. The average molecular weight is 548 g/mol. The van der Waals surface area contributed by atoms with Gasteiger partial charge >= 0.3 is 0 Å². The van der Waals surface area contributed by atoms with Gasteiger partial charge in [0.1, 0.15) is 11.5 Å². The van der Waals surface area contributed by atoms with Crippen LogP contribution >= 0.6 is 12.2 Å². The van der Waals surface area contributed by atoms with Crippen molar-refractivity contribution >= 4 is 28.7 Å². The number of hydrogen-bond acceptors (Lipinski definition) is 3. The third kappa shape index (κ3) is 7.00. The summed E-state index contributed by atoms with van der Waals surface area (Å²) < 4.78 is 10.8. The Kier molecular flexibility index (Phi) is 9.40. The first-order chi connectivity index (χ1) is 10.7. The molecule has 0 saturated carbocycles. The van der Waals surface area contributed by atoms with E-state index in [9.17, 15) is 0 Å². The third-order valence-corrected chi connectivity index (χ3v) is 3.05. The molecule has 2 aromatic carbocycles. The van der Waals surface area contributed by atoms with Crippen LogP contribution in [0.1, 0.15) is 13.8 Å². The van der Waals surface area contributed by atoms with Crippen LogP contribution in [0.4, 0.5) is 11.4 Å². The van der Waals surface area contributed by atoms with E-state index in [1.165, 1.54) is 0 Å². The molecule has 0 spiro atoms. The summed E-state index contributed by atoms with van der Waals surface area (Å²) in [6.45, 7) is 5.24. The van der Waals surface area contributed by atoms with Crippen LogP contribution in [0, 0.1) is 39.9 Å².